The largest absolute Gasteiger partial charge is 0.483 e. The summed E-state index contributed by atoms with van der Waals surface area (Å²) in [6, 6.07) is 7.98. The number of carbonyl (C=O) groups is 4. The Hall–Kier alpha value is -4.25. The molecule has 158 valence electrons. The molecule has 1 aliphatic heterocycles. The third-order valence-electron chi connectivity index (χ3n) is 4.04. The molecule has 5 amide bonds. The minimum absolute atomic E-state index is 0.105. The van der Waals surface area contributed by atoms with Crippen LogP contribution in [-0.2, 0) is 14.4 Å². The monoisotopic (exact) mass is 444 g/mol. The topological polar surface area (TPSA) is 162 Å². The summed E-state index contributed by atoms with van der Waals surface area (Å²) in [5.74, 6) is -2.65. The molecule has 0 bridgehead atoms. The molecule has 1 fully saturated rings. The van der Waals surface area contributed by atoms with Crippen LogP contribution in [0.25, 0.3) is 6.08 Å². The van der Waals surface area contributed by atoms with Crippen molar-refractivity contribution in [3.63, 3.8) is 0 Å². The van der Waals surface area contributed by atoms with Crippen LogP contribution < -0.4 is 20.7 Å². The quantitative estimate of drug-likeness (QED) is 0.297. The number of halogens is 1. The molecule has 1 heterocycles. The maximum absolute atomic E-state index is 13.0. The number of primary amides is 1. The Morgan fingerprint density at radius 1 is 1.23 bits per heavy atom. The molecule has 0 spiro atoms. The van der Waals surface area contributed by atoms with Crippen LogP contribution in [0.4, 0.5) is 16.2 Å². The van der Waals surface area contributed by atoms with E-state index < -0.39 is 40.9 Å². The van der Waals surface area contributed by atoms with E-state index >= 15 is 0 Å². The third-order valence-corrected chi connectivity index (χ3v) is 4.28. The van der Waals surface area contributed by atoms with Crippen molar-refractivity contribution in [3.05, 3.63) is 68.7 Å². The minimum Gasteiger partial charge on any atom is -0.483 e. The molecule has 0 saturated carbocycles. The maximum atomic E-state index is 13.0. The first kappa shape index (κ1) is 21.5. The average molecular weight is 445 g/mol. The van der Waals surface area contributed by atoms with Crippen LogP contribution in [0, 0.1) is 10.1 Å². The SMILES string of the molecule is NC(=O)COc1ccc(Cl)cc1/C=C1\C(=O)NC(=O)N(c2cccc([N+](=O)[O-])c2)C1=O. The van der Waals surface area contributed by atoms with Gasteiger partial charge in [-0.05, 0) is 30.3 Å². The number of barbiturate groups is 1. The van der Waals surface area contributed by atoms with Gasteiger partial charge in [0, 0.05) is 22.7 Å². The Labute approximate surface area is 179 Å². The first-order valence-corrected chi connectivity index (χ1v) is 8.91. The fourth-order valence-corrected chi connectivity index (χ4v) is 2.89. The summed E-state index contributed by atoms with van der Waals surface area (Å²) >= 11 is 5.97. The summed E-state index contributed by atoms with van der Waals surface area (Å²) in [4.78, 5) is 59.5. The highest BCUT2D eigenvalue weighted by Crippen LogP contribution is 2.29. The second-order valence-electron chi connectivity index (χ2n) is 6.17. The van der Waals surface area contributed by atoms with Crippen molar-refractivity contribution in [1.29, 1.82) is 0 Å². The molecule has 3 N–H and O–H groups in total. The summed E-state index contributed by atoms with van der Waals surface area (Å²) in [5, 5.41) is 13.3. The molecule has 2 aromatic carbocycles. The second kappa shape index (κ2) is 8.63. The number of anilines is 1. The number of rotatable bonds is 6. The van der Waals surface area contributed by atoms with Crippen LogP contribution in [0.5, 0.6) is 5.75 Å². The number of amides is 5. The van der Waals surface area contributed by atoms with E-state index in [1.165, 1.54) is 36.4 Å². The molecule has 0 atom stereocenters. The number of benzene rings is 2. The Morgan fingerprint density at radius 3 is 2.65 bits per heavy atom. The highest BCUT2D eigenvalue weighted by Gasteiger charge is 2.37. The average Bonchev–Trinajstić information content (AvgIpc) is 2.70. The summed E-state index contributed by atoms with van der Waals surface area (Å²) in [7, 11) is 0. The zero-order valence-electron chi connectivity index (χ0n) is 15.5. The second-order valence-corrected chi connectivity index (χ2v) is 6.61. The van der Waals surface area contributed by atoms with E-state index in [0.29, 0.717) is 4.90 Å². The van der Waals surface area contributed by atoms with Crippen molar-refractivity contribution in [1.82, 2.24) is 5.32 Å². The van der Waals surface area contributed by atoms with Crippen LogP contribution in [0.3, 0.4) is 0 Å². The van der Waals surface area contributed by atoms with Crippen LogP contribution >= 0.6 is 11.6 Å². The van der Waals surface area contributed by atoms with E-state index in [9.17, 15) is 29.3 Å². The number of imide groups is 2. The van der Waals surface area contributed by atoms with Crippen molar-refractivity contribution >= 4 is 52.8 Å². The van der Waals surface area contributed by atoms with Gasteiger partial charge >= 0.3 is 6.03 Å². The van der Waals surface area contributed by atoms with Gasteiger partial charge in [0.1, 0.15) is 11.3 Å². The predicted octanol–water partition coefficient (Wildman–Crippen LogP) is 1.78. The van der Waals surface area contributed by atoms with Crippen LogP contribution in [0.1, 0.15) is 5.56 Å². The number of nitrogens with zero attached hydrogens (tertiary/aromatic N) is 2. The van der Waals surface area contributed by atoms with Gasteiger partial charge in [0.2, 0.25) is 0 Å². The maximum Gasteiger partial charge on any atom is 0.335 e. The summed E-state index contributed by atoms with van der Waals surface area (Å²) in [6.45, 7) is -0.462. The number of nitrogens with two attached hydrogens (primary N) is 1. The lowest BCUT2D eigenvalue weighted by Crippen LogP contribution is -2.54. The van der Waals surface area contributed by atoms with Gasteiger partial charge in [0.15, 0.2) is 6.61 Å². The van der Waals surface area contributed by atoms with E-state index in [0.717, 1.165) is 12.1 Å². The van der Waals surface area contributed by atoms with E-state index in [1.54, 1.807) is 0 Å². The molecule has 2 aromatic rings. The van der Waals surface area contributed by atoms with E-state index in [2.05, 4.69) is 0 Å². The summed E-state index contributed by atoms with van der Waals surface area (Å²) in [6.07, 6.45) is 1.12. The van der Waals surface area contributed by atoms with E-state index in [-0.39, 0.29) is 27.7 Å². The summed E-state index contributed by atoms with van der Waals surface area (Å²) in [5.41, 5.74) is 4.32. The zero-order valence-corrected chi connectivity index (χ0v) is 16.3. The standard InChI is InChI=1S/C19H13ClN4O7/c20-11-4-5-15(31-9-16(21)25)10(6-11)7-14-17(26)22-19(28)23(18(14)27)12-2-1-3-13(8-12)24(29)30/h1-8H,9H2,(H2,21,25)(H,22,26,28)/b14-7+. The van der Waals surface area contributed by atoms with Crippen molar-refractivity contribution in [2.45, 2.75) is 0 Å². The molecular weight excluding hydrogens is 432 g/mol. The number of nitro benzene ring substituents is 1. The highest BCUT2D eigenvalue weighted by atomic mass is 35.5. The molecule has 11 nitrogen and oxygen atoms in total. The predicted molar refractivity (Wildman–Crippen MR) is 108 cm³/mol. The van der Waals surface area contributed by atoms with Crippen molar-refractivity contribution in [3.8, 4) is 5.75 Å². The number of urea groups is 1. The normalized spacial score (nSPS) is 15.1. The molecule has 12 heteroatoms. The molecule has 0 aromatic heterocycles. The van der Waals surface area contributed by atoms with Gasteiger partial charge in [-0.1, -0.05) is 17.7 Å². The van der Waals surface area contributed by atoms with E-state index in [4.69, 9.17) is 22.1 Å². The first-order chi connectivity index (χ1) is 14.7. The zero-order chi connectivity index (χ0) is 22.7. The molecule has 0 radical (unpaired) electrons. The molecule has 0 unspecified atom stereocenters. The lowest BCUT2D eigenvalue weighted by Gasteiger charge is -2.26. The number of nitro groups is 1. The number of nitrogens with one attached hydrogen (secondary N) is 1. The fraction of sp³-hybridized carbons (Fsp3) is 0.0526. The van der Waals surface area contributed by atoms with Crippen LogP contribution in [0.2, 0.25) is 5.02 Å². The lowest BCUT2D eigenvalue weighted by atomic mass is 10.1. The molecule has 31 heavy (non-hydrogen) atoms. The van der Waals surface area contributed by atoms with Gasteiger partial charge in [-0.2, -0.15) is 0 Å². The Kier molecular flexibility index (Phi) is 5.97. The number of carbonyl (C=O) groups excluding carboxylic acids is 4. The lowest BCUT2D eigenvalue weighted by molar-refractivity contribution is -0.384. The van der Waals surface area contributed by atoms with Gasteiger partial charge in [-0.25, -0.2) is 9.69 Å². The molecule has 1 aliphatic rings. The number of ether oxygens (including phenoxy) is 1. The molecule has 3 rings (SSSR count). The third kappa shape index (κ3) is 4.67. The van der Waals surface area contributed by atoms with Gasteiger partial charge in [0.05, 0.1) is 10.6 Å². The van der Waals surface area contributed by atoms with Crippen molar-refractivity contribution < 1.29 is 28.8 Å². The minimum atomic E-state index is -1.07. The first-order valence-electron chi connectivity index (χ1n) is 8.54. The van der Waals surface area contributed by atoms with Crippen molar-refractivity contribution in [2.75, 3.05) is 11.5 Å². The summed E-state index contributed by atoms with van der Waals surface area (Å²) < 4.78 is 5.26. The number of hydrogen-bond acceptors (Lipinski definition) is 7. The Morgan fingerprint density at radius 2 is 1.97 bits per heavy atom. The molecule has 0 aliphatic carbocycles. The van der Waals surface area contributed by atoms with Gasteiger partial charge in [-0.15, -0.1) is 0 Å². The fourth-order valence-electron chi connectivity index (χ4n) is 2.71. The van der Waals surface area contributed by atoms with Gasteiger partial charge < -0.3 is 10.5 Å². The smallest absolute Gasteiger partial charge is 0.335 e. The number of non-ortho nitro benzene ring substituents is 1. The number of hydrogen-bond donors (Lipinski definition) is 2. The Balaban J connectivity index is 2.04. The molecule has 1 saturated heterocycles. The Bertz CT molecular complexity index is 1160. The van der Waals surface area contributed by atoms with Crippen molar-refractivity contribution in [2.24, 2.45) is 5.73 Å². The van der Waals surface area contributed by atoms with Gasteiger partial charge in [0.25, 0.3) is 23.4 Å². The molecular formula is C19H13ClN4O7. The van der Waals surface area contributed by atoms with Crippen LogP contribution in [-0.4, -0.2) is 35.3 Å². The van der Waals surface area contributed by atoms with E-state index in [1.807, 2.05) is 5.32 Å². The van der Waals surface area contributed by atoms with Gasteiger partial charge in [-0.3, -0.25) is 29.8 Å². The highest BCUT2D eigenvalue weighted by molar-refractivity contribution is 6.39. The van der Waals surface area contributed by atoms with Crippen LogP contribution in [0.15, 0.2) is 48.0 Å².